The van der Waals surface area contributed by atoms with Crippen molar-refractivity contribution in [1.82, 2.24) is 4.90 Å². The Labute approximate surface area is 229 Å². The SMILES string of the molecule is COc1ccc2c(c1)C1(SCCN1C(=O)Nc1ccc(C(C)C)cc1)C(=O)N2Cc1cccc(C(F)(F)F)c1. The van der Waals surface area contributed by atoms with Crippen LogP contribution in [0.3, 0.4) is 0 Å². The number of methoxy groups -OCH3 is 1. The zero-order chi connectivity index (χ0) is 27.9. The molecule has 3 aromatic carbocycles. The number of fused-ring (bicyclic) bond motifs is 2. The summed E-state index contributed by atoms with van der Waals surface area (Å²) >= 11 is 1.34. The molecule has 0 aromatic heterocycles. The molecular formula is C29H28F3N3O3S. The number of benzene rings is 3. The van der Waals surface area contributed by atoms with Crippen molar-refractivity contribution in [3.8, 4) is 5.75 Å². The highest BCUT2D eigenvalue weighted by Crippen LogP contribution is 2.55. The van der Waals surface area contributed by atoms with Gasteiger partial charge in [0.2, 0.25) is 0 Å². The number of hydrogen-bond donors (Lipinski definition) is 1. The van der Waals surface area contributed by atoms with Crippen LogP contribution >= 0.6 is 11.8 Å². The summed E-state index contributed by atoms with van der Waals surface area (Å²) in [6.45, 7) is 4.42. The smallest absolute Gasteiger partial charge is 0.416 e. The maximum atomic E-state index is 14.2. The third-order valence-electron chi connectivity index (χ3n) is 7.07. The summed E-state index contributed by atoms with van der Waals surface area (Å²) < 4.78 is 45.5. The predicted molar refractivity (Wildman–Crippen MR) is 146 cm³/mol. The van der Waals surface area contributed by atoms with Gasteiger partial charge in [0.15, 0.2) is 4.87 Å². The molecule has 0 saturated carbocycles. The number of urea groups is 1. The lowest BCUT2D eigenvalue weighted by molar-refractivity contribution is -0.137. The predicted octanol–water partition coefficient (Wildman–Crippen LogP) is 6.82. The van der Waals surface area contributed by atoms with Gasteiger partial charge >= 0.3 is 12.2 Å². The van der Waals surface area contributed by atoms with Gasteiger partial charge in [-0.05, 0) is 59.5 Å². The van der Waals surface area contributed by atoms with Crippen LogP contribution in [0.2, 0.25) is 0 Å². The molecule has 1 N–H and O–H groups in total. The van der Waals surface area contributed by atoms with E-state index in [-0.39, 0.29) is 12.5 Å². The van der Waals surface area contributed by atoms with Gasteiger partial charge in [0, 0.05) is 23.5 Å². The second-order valence-electron chi connectivity index (χ2n) is 9.82. The van der Waals surface area contributed by atoms with Crippen LogP contribution in [0.5, 0.6) is 5.75 Å². The van der Waals surface area contributed by atoms with Crippen molar-refractivity contribution in [2.75, 3.05) is 29.6 Å². The number of halogens is 3. The van der Waals surface area contributed by atoms with Gasteiger partial charge in [0.05, 0.1) is 24.9 Å². The zero-order valence-electron chi connectivity index (χ0n) is 21.7. The lowest BCUT2D eigenvalue weighted by Crippen LogP contribution is -2.51. The average molecular weight is 556 g/mol. The molecule has 5 rings (SSSR count). The van der Waals surface area contributed by atoms with Crippen molar-refractivity contribution in [2.24, 2.45) is 0 Å². The van der Waals surface area contributed by atoms with Crippen molar-refractivity contribution in [2.45, 2.75) is 37.4 Å². The number of anilines is 2. The molecular weight excluding hydrogens is 527 g/mol. The molecule has 6 nitrogen and oxygen atoms in total. The standard InChI is InChI=1S/C29H28F3N3O3S/c1-18(2)20-7-9-22(10-8-20)33-27(37)35-13-14-39-28(35)24-16-23(38-3)11-12-25(24)34(26(28)36)17-19-5-4-6-21(15-19)29(30,31)32/h4-12,15-16,18H,13-14,17H2,1-3H3,(H,33,37). The van der Waals surface area contributed by atoms with Crippen LogP contribution in [0.1, 0.15) is 42.0 Å². The average Bonchev–Trinajstić information content (AvgIpc) is 3.45. The Bertz CT molecular complexity index is 1410. The number of alkyl halides is 3. The Hall–Kier alpha value is -3.66. The lowest BCUT2D eigenvalue weighted by Gasteiger charge is -2.33. The fourth-order valence-electron chi connectivity index (χ4n) is 5.05. The highest BCUT2D eigenvalue weighted by Gasteiger charge is 2.59. The Balaban J connectivity index is 1.50. The third-order valence-corrected chi connectivity index (χ3v) is 8.49. The largest absolute Gasteiger partial charge is 0.497 e. The Morgan fingerprint density at radius 3 is 2.51 bits per heavy atom. The number of amides is 3. The van der Waals surface area contributed by atoms with E-state index in [1.54, 1.807) is 24.3 Å². The van der Waals surface area contributed by atoms with Crippen molar-refractivity contribution < 1.29 is 27.5 Å². The lowest BCUT2D eigenvalue weighted by atomic mass is 10.0. The Kier molecular flexibility index (Phi) is 7.00. The normalized spacial score (nSPS) is 18.7. The molecule has 1 saturated heterocycles. The second kappa shape index (κ2) is 10.1. The van der Waals surface area contributed by atoms with Gasteiger partial charge in [0.25, 0.3) is 5.91 Å². The molecule has 0 bridgehead atoms. The van der Waals surface area contributed by atoms with Crippen LogP contribution in [0.25, 0.3) is 0 Å². The molecule has 2 aliphatic heterocycles. The maximum Gasteiger partial charge on any atom is 0.416 e. The van der Waals surface area contributed by atoms with Gasteiger partial charge in [-0.2, -0.15) is 13.2 Å². The number of carbonyl (C=O) groups excluding carboxylic acids is 2. The quantitative estimate of drug-likeness (QED) is 0.375. The van der Waals surface area contributed by atoms with E-state index in [4.69, 9.17) is 4.74 Å². The number of nitrogens with zero attached hydrogens (tertiary/aromatic N) is 2. The molecule has 3 aromatic rings. The molecule has 204 valence electrons. The molecule has 2 heterocycles. The van der Waals surface area contributed by atoms with Crippen LogP contribution in [-0.4, -0.2) is 36.2 Å². The van der Waals surface area contributed by atoms with Gasteiger partial charge in [0.1, 0.15) is 5.75 Å². The van der Waals surface area contributed by atoms with E-state index in [1.165, 1.54) is 34.7 Å². The topological polar surface area (TPSA) is 61.9 Å². The highest BCUT2D eigenvalue weighted by molar-refractivity contribution is 8.01. The van der Waals surface area contributed by atoms with E-state index in [0.717, 1.165) is 17.7 Å². The zero-order valence-corrected chi connectivity index (χ0v) is 22.5. The van der Waals surface area contributed by atoms with Crippen LogP contribution in [0.4, 0.5) is 29.3 Å². The van der Waals surface area contributed by atoms with Gasteiger partial charge in [-0.15, -0.1) is 11.8 Å². The fraction of sp³-hybridized carbons (Fsp3) is 0.310. The van der Waals surface area contributed by atoms with E-state index < -0.39 is 22.6 Å². The Morgan fingerprint density at radius 2 is 1.85 bits per heavy atom. The summed E-state index contributed by atoms with van der Waals surface area (Å²) in [6, 6.07) is 17.2. The van der Waals surface area contributed by atoms with E-state index in [2.05, 4.69) is 19.2 Å². The third kappa shape index (κ3) is 4.82. The number of nitrogens with one attached hydrogen (secondary N) is 1. The van der Waals surface area contributed by atoms with Gasteiger partial charge in [-0.1, -0.05) is 38.1 Å². The molecule has 1 spiro atoms. The number of rotatable bonds is 5. The summed E-state index contributed by atoms with van der Waals surface area (Å²) in [7, 11) is 1.51. The van der Waals surface area contributed by atoms with Crippen molar-refractivity contribution in [3.05, 3.63) is 89.0 Å². The number of thioether (sulfide) groups is 1. The molecule has 1 atom stereocenters. The molecule has 1 fully saturated rings. The molecule has 10 heteroatoms. The first-order valence-corrected chi connectivity index (χ1v) is 13.5. The van der Waals surface area contributed by atoms with Crippen molar-refractivity contribution in [1.29, 1.82) is 0 Å². The first kappa shape index (κ1) is 26.9. The van der Waals surface area contributed by atoms with Crippen molar-refractivity contribution in [3.63, 3.8) is 0 Å². The molecule has 1 unspecified atom stereocenters. The molecule has 2 aliphatic rings. The van der Waals surface area contributed by atoms with E-state index in [9.17, 15) is 22.8 Å². The van der Waals surface area contributed by atoms with Crippen molar-refractivity contribution >= 4 is 35.1 Å². The van der Waals surface area contributed by atoms with E-state index >= 15 is 0 Å². The minimum absolute atomic E-state index is 0.0729. The van der Waals surface area contributed by atoms with Gasteiger partial charge in [-0.3, -0.25) is 9.69 Å². The van der Waals surface area contributed by atoms with E-state index in [0.29, 0.717) is 46.5 Å². The van der Waals surface area contributed by atoms with Gasteiger partial charge in [-0.25, -0.2) is 4.79 Å². The van der Waals surface area contributed by atoms with E-state index in [1.807, 2.05) is 24.3 Å². The number of ether oxygens (including phenoxy) is 1. The number of carbonyl (C=O) groups is 2. The Morgan fingerprint density at radius 1 is 1.10 bits per heavy atom. The minimum Gasteiger partial charge on any atom is -0.497 e. The van der Waals surface area contributed by atoms with Gasteiger partial charge < -0.3 is 15.0 Å². The minimum atomic E-state index is -4.50. The number of hydrogen-bond acceptors (Lipinski definition) is 4. The summed E-state index contributed by atoms with van der Waals surface area (Å²) in [4.78, 5) is 29.4. The molecule has 39 heavy (non-hydrogen) atoms. The molecule has 0 radical (unpaired) electrons. The van der Waals surface area contributed by atoms with Crippen LogP contribution in [0.15, 0.2) is 66.7 Å². The second-order valence-corrected chi connectivity index (χ2v) is 11.1. The maximum absolute atomic E-state index is 14.2. The summed E-state index contributed by atoms with van der Waals surface area (Å²) in [5.41, 5.74) is 2.41. The van der Waals surface area contributed by atoms with Crippen LogP contribution in [-0.2, 0) is 22.4 Å². The fourth-order valence-corrected chi connectivity index (χ4v) is 6.50. The van der Waals surface area contributed by atoms with Crippen LogP contribution in [0, 0.1) is 0 Å². The van der Waals surface area contributed by atoms with Crippen LogP contribution < -0.4 is 15.0 Å². The summed E-state index contributed by atoms with van der Waals surface area (Å²) in [6.07, 6.45) is -4.50. The molecule has 3 amide bonds. The highest BCUT2D eigenvalue weighted by atomic mass is 32.2. The first-order valence-electron chi connectivity index (χ1n) is 12.5. The monoisotopic (exact) mass is 555 g/mol. The first-order chi connectivity index (χ1) is 18.5. The summed E-state index contributed by atoms with van der Waals surface area (Å²) in [5, 5.41) is 2.92. The summed E-state index contributed by atoms with van der Waals surface area (Å²) in [5.74, 6) is 0.993. The molecule has 0 aliphatic carbocycles.